The highest BCUT2D eigenvalue weighted by atomic mass is 16.5. The van der Waals surface area contributed by atoms with Crippen molar-refractivity contribution in [1.82, 2.24) is 0 Å². The molecular formula is C8H13N3O3. The van der Waals surface area contributed by atoms with Crippen LogP contribution in [0.2, 0.25) is 0 Å². The van der Waals surface area contributed by atoms with E-state index < -0.39 is 12.1 Å². The molecule has 0 aromatic rings. The molecule has 0 heterocycles. The van der Waals surface area contributed by atoms with Gasteiger partial charge in [0.25, 0.3) is 0 Å². The van der Waals surface area contributed by atoms with Crippen LogP contribution in [0, 0.1) is 5.92 Å². The number of methoxy groups -OCH3 is 1. The molecule has 1 N–H and O–H groups in total. The maximum Gasteiger partial charge on any atom is 0.308 e. The number of aliphatic hydroxyl groups excluding tert-OH is 1. The van der Waals surface area contributed by atoms with Gasteiger partial charge in [-0.2, -0.15) is 0 Å². The maximum atomic E-state index is 11.1. The van der Waals surface area contributed by atoms with Crippen LogP contribution in [0.15, 0.2) is 5.11 Å². The zero-order valence-electron chi connectivity index (χ0n) is 7.96. The third-order valence-corrected chi connectivity index (χ3v) is 2.52. The lowest BCUT2D eigenvalue weighted by Crippen LogP contribution is -2.35. The highest BCUT2D eigenvalue weighted by molar-refractivity contribution is 5.72. The molecule has 0 aromatic heterocycles. The lowest BCUT2D eigenvalue weighted by atomic mass is 9.84. The second-order valence-corrected chi connectivity index (χ2v) is 3.37. The van der Waals surface area contributed by atoms with Crippen molar-refractivity contribution < 1.29 is 14.6 Å². The Kier molecular flexibility index (Phi) is 3.73. The van der Waals surface area contributed by atoms with Crippen LogP contribution in [0.4, 0.5) is 0 Å². The smallest absolute Gasteiger partial charge is 0.308 e. The summed E-state index contributed by atoms with van der Waals surface area (Å²) in [5, 5.41) is 13.0. The van der Waals surface area contributed by atoms with E-state index in [1.165, 1.54) is 7.11 Å². The first-order valence-electron chi connectivity index (χ1n) is 4.49. The minimum atomic E-state index is -0.733. The fourth-order valence-electron chi connectivity index (χ4n) is 1.71. The van der Waals surface area contributed by atoms with Crippen molar-refractivity contribution in [3.63, 3.8) is 0 Å². The van der Waals surface area contributed by atoms with E-state index in [2.05, 4.69) is 14.8 Å². The lowest BCUT2D eigenvalue weighted by molar-refractivity contribution is -0.148. The standard InChI is InChI=1S/C8H13N3O3/c1-14-8(13)5-2-3-6(10-11-9)7(12)4-5/h5-7,12H,2-4H2,1H3/t5-,6-,7-/m0/s1. The number of hydrogen-bond acceptors (Lipinski definition) is 4. The molecule has 1 saturated carbocycles. The number of aliphatic hydroxyl groups is 1. The van der Waals surface area contributed by atoms with Gasteiger partial charge < -0.3 is 9.84 Å². The second kappa shape index (κ2) is 4.83. The van der Waals surface area contributed by atoms with E-state index in [0.29, 0.717) is 19.3 Å². The molecule has 0 saturated heterocycles. The Labute approximate surface area is 81.5 Å². The summed E-state index contributed by atoms with van der Waals surface area (Å²) in [6, 6.07) is -0.402. The highest BCUT2D eigenvalue weighted by Crippen LogP contribution is 2.27. The van der Waals surface area contributed by atoms with Crippen LogP contribution < -0.4 is 0 Å². The Bertz CT molecular complexity index is 263. The molecule has 78 valence electrons. The number of esters is 1. The molecule has 1 aliphatic carbocycles. The molecule has 0 spiro atoms. The summed E-state index contributed by atoms with van der Waals surface area (Å²) in [7, 11) is 1.33. The minimum Gasteiger partial charge on any atom is -0.469 e. The molecule has 1 aliphatic rings. The Balaban J connectivity index is 2.54. The van der Waals surface area contributed by atoms with E-state index in [0.717, 1.165) is 0 Å². The quantitative estimate of drug-likeness (QED) is 0.311. The van der Waals surface area contributed by atoms with Crippen molar-refractivity contribution in [1.29, 1.82) is 0 Å². The van der Waals surface area contributed by atoms with Crippen LogP contribution in [-0.4, -0.2) is 30.3 Å². The van der Waals surface area contributed by atoms with E-state index in [9.17, 15) is 9.90 Å². The molecule has 0 unspecified atom stereocenters. The van der Waals surface area contributed by atoms with Crippen LogP contribution in [-0.2, 0) is 9.53 Å². The normalized spacial score (nSPS) is 31.7. The topological polar surface area (TPSA) is 95.3 Å². The zero-order chi connectivity index (χ0) is 10.6. The lowest BCUT2D eigenvalue weighted by Gasteiger charge is -2.28. The van der Waals surface area contributed by atoms with E-state index >= 15 is 0 Å². The first kappa shape index (κ1) is 10.8. The number of ether oxygens (including phenoxy) is 1. The average Bonchev–Trinajstić information content (AvgIpc) is 2.20. The van der Waals surface area contributed by atoms with Crippen molar-refractivity contribution >= 4 is 5.97 Å². The van der Waals surface area contributed by atoms with Crippen LogP contribution in [0.25, 0.3) is 10.4 Å². The maximum absolute atomic E-state index is 11.1. The van der Waals surface area contributed by atoms with E-state index in [1.807, 2.05) is 0 Å². The fourth-order valence-corrected chi connectivity index (χ4v) is 1.71. The molecule has 0 radical (unpaired) electrons. The minimum absolute atomic E-state index is 0.264. The van der Waals surface area contributed by atoms with E-state index in [-0.39, 0.29) is 11.9 Å². The van der Waals surface area contributed by atoms with E-state index in [4.69, 9.17) is 5.53 Å². The average molecular weight is 199 g/mol. The van der Waals surface area contributed by atoms with Gasteiger partial charge >= 0.3 is 5.97 Å². The van der Waals surface area contributed by atoms with Crippen LogP contribution in [0.1, 0.15) is 19.3 Å². The van der Waals surface area contributed by atoms with Crippen LogP contribution in [0.3, 0.4) is 0 Å². The number of hydrogen-bond donors (Lipinski definition) is 1. The molecule has 0 bridgehead atoms. The summed E-state index contributed by atoms with van der Waals surface area (Å²) in [6.07, 6.45) is 0.721. The molecule has 0 aliphatic heterocycles. The van der Waals surface area contributed by atoms with Crippen LogP contribution in [0.5, 0.6) is 0 Å². The van der Waals surface area contributed by atoms with Crippen molar-refractivity contribution in [3.05, 3.63) is 10.4 Å². The van der Waals surface area contributed by atoms with Gasteiger partial charge in [-0.05, 0) is 24.8 Å². The van der Waals surface area contributed by atoms with Gasteiger partial charge in [-0.15, -0.1) is 0 Å². The first-order chi connectivity index (χ1) is 6.69. The molecule has 6 heteroatoms. The van der Waals surface area contributed by atoms with Crippen molar-refractivity contribution in [3.8, 4) is 0 Å². The molecule has 0 amide bonds. The molecule has 3 atom stereocenters. The van der Waals surface area contributed by atoms with Gasteiger partial charge in [-0.3, -0.25) is 4.79 Å². The number of nitrogens with zero attached hydrogens (tertiary/aromatic N) is 3. The summed E-state index contributed by atoms with van der Waals surface area (Å²) >= 11 is 0. The molecule has 14 heavy (non-hydrogen) atoms. The summed E-state index contributed by atoms with van der Waals surface area (Å²) < 4.78 is 4.58. The molecule has 0 aromatic carbocycles. The number of rotatable bonds is 2. The predicted molar refractivity (Wildman–Crippen MR) is 48.3 cm³/mol. The Morgan fingerprint density at radius 2 is 2.36 bits per heavy atom. The molecular weight excluding hydrogens is 186 g/mol. The second-order valence-electron chi connectivity index (χ2n) is 3.37. The van der Waals surface area contributed by atoms with Gasteiger partial charge in [-0.25, -0.2) is 0 Å². The Morgan fingerprint density at radius 1 is 1.64 bits per heavy atom. The first-order valence-corrected chi connectivity index (χ1v) is 4.49. The number of carbonyl (C=O) groups excluding carboxylic acids is 1. The summed E-state index contributed by atoms with van der Waals surface area (Å²) in [4.78, 5) is 13.8. The van der Waals surface area contributed by atoms with Gasteiger partial charge in [0.05, 0.1) is 25.2 Å². The summed E-state index contributed by atoms with van der Waals surface area (Å²) in [5.74, 6) is -0.566. The van der Waals surface area contributed by atoms with Crippen LogP contribution >= 0.6 is 0 Å². The molecule has 1 fully saturated rings. The van der Waals surface area contributed by atoms with Gasteiger partial charge in [0.1, 0.15) is 0 Å². The van der Waals surface area contributed by atoms with Gasteiger partial charge in [0, 0.05) is 4.91 Å². The number of carbonyl (C=O) groups is 1. The molecule has 1 rings (SSSR count). The Morgan fingerprint density at radius 3 is 2.86 bits per heavy atom. The van der Waals surface area contributed by atoms with Crippen molar-refractivity contribution in [2.24, 2.45) is 11.0 Å². The number of azide groups is 1. The highest BCUT2D eigenvalue weighted by Gasteiger charge is 2.32. The zero-order valence-corrected chi connectivity index (χ0v) is 7.96. The van der Waals surface area contributed by atoms with Crippen molar-refractivity contribution in [2.75, 3.05) is 7.11 Å². The summed E-state index contributed by atoms with van der Waals surface area (Å²) in [5.41, 5.74) is 8.21. The van der Waals surface area contributed by atoms with E-state index in [1.54, 1.807) is 0 Å². The van der Waals surface area contributed by atoms with Gasteiger partial charge in [0.2, 0.25) is 0 Å². The van der Waals surface area contributed by atoms with Gasteiger partial charge in [-0.1, -0.05) is 5.11 Å². The molecule has 6 nitrogen and oxygen atoms in total. The third kappa shape index (κ3) is 2.37. The monoisotopic (exact) mass is 199 g/mol. The van der Waals surface area contributed by atoms with Gasteiger partial charge in [0.15, 0.2) is 0 Å². The predicted octanol–water partition coefficient (Wildman–Crippen LogP) is 0.999. The Hall–Kier alpha value is -1.26. The summed E-state index contributed by atoms with van der Waals surface area (Å²) in [6.45, 7) is 0. The third-order valence-electron chi connectivity index (χ3n) is 2.52. The largest absolute Gasteiger partial charge is 0.469 e. The van der Waals surface area contributed by atoms with Crippen molar-refractivity contribution in [2.45, 2.75) is 31.4 Å². The fraction of sp³-hybridized carbons (Fsp3) is 0.875. The SMILES string of the molecule is COC(=O)[C@H]1CC[C@H](N=[N+]=[N-])[C@@H](O)C1.